The molecule has 0 aliphatic heterocycles. The molecule has 98 valence electrons. The molecule has 0 saturated carbocycles. The number of halogens is 4. The highest BCUT2D eigenvalue weighted by Gasteiger charge is 2.43. The van der Waals surface area contributed by atoms with Gasteiger partial charge in [-0.3, -0.25) is 0 Å². The molecule has 1 aromatic carbocycles. The van der Waals surface area contributed by atoms with Gasteiger partial charge in [-0.05, 0) is 25.1 Å². The van der Waals surface area contributed by atoms with E-state index in [4.69, 9.17) is 5.73 Å². The number of nitrogens with zero attached hydrogens (tertiary/aromatic N) is 1. The molecule has 0 bridgehead atoms. The topological polar surface area (TPSA) is 30.9 Å². The number of alkyl halides is 3. The predicted octanol–water partition coefficient (Wildman–Crippen LogP) is 3.85. The molecule has 0 spiro atoms. The third kappa shape index (κ3) is 2.27. The molecule has 0 aliphatic carbocycles. The van der Waals surface area contributed by atoms with Gasteiger partial charge in [0.25, 0.3) is 0 Å². The van der Waals surface area contributed by atoms with Gasteiger partial charge in [0.15, 0.2) is 0 Å². The fraction of sp³-hybridized carbons (Fsp3) is 0.333. The van der Waals surface area contributed by atoms with Gasteiger partial charge in [-0.2, -0.15) is 13.2 Å². The van der Waals surface area contributed by atoms with Crippen molar-refractivity contribution >= 4 is 26.8 Å². The molecule has 2 rings (SSSR count). The normalized spacial score (nSPS) is 15.9. The highest BCUT2D eigenvalue weighted by Crippen LogP contribution is 2.36. The first kappa shape index (κ1) is 13.4. The van der Waals surface area contributed by atoms with E-state index in [1.54, 1.807) is 24.3 Å². The van der Waals surface area contributed by atoms with Gasteiger partial charge in [-0.1, -0.05) is 22.0 Å². The Labute approximate surface area is 111 Å². The van der Waals surface area contributed by atoms with E-state index in [1.807, 2.05) is 0 Å². The lowest BCUT2D eigenvalue weighted by Crippen LogP contribution is -2.39. The van der Waals surface area contributed by atoms with Gasteiger partial charge >= 0.3 is 6.18 Å². The van der Waals surface area contributed by atoms with Gasteiger partial charge in [-0.15, -0.1) is 0 Å². The maximum absolute atomic E-state index is 13.0. The Hall–Kier alpha value is -1.01. The monoisotopic (exact) mass is 320 g/mol. The first-order valence-corrected chi connectivity index (χ1v) is 6.19. The summed E-state index contributed by atoms with van der Waals surface area (Å²) in [4.78, 5) is 0. The second kappa shape index (κ2) is 4.59. The summed E-state index contributed by atoms with van der Waals surface area (Å²) in [5.74, 6) is 0. The molecular formula is C12H12BrF3N2. The van der Waals surface area contributed by atoms with E-state index in [1.165, 1.54) is 17.7 Å². The standard InChI is InChI=1S/C12H12BrF3N2/c1-7(17)11(12(14,15)16)18-6-5-8-9(13)3-2-4-10(8)18/h2-7,11H,17H2,1H3. The molecule has 2 atom stereocenters. The van der Waals surface area contributed by atoms with Crippen molar-refractivity contribution in [1.29, 1.82) is 0 Å². The molecule has 1 aromatic heterocycles. The smallest absolute Gasteiger partial charge is 0.334 e. The Balaban J connectivity index is 2.63. The molecule has 2 nitrogen and oxygen atoms in total. The lowest BCUT2D eigenvalue weighted by Gasteiger charge is -2.26. The third-order valence-electron chi connectivity index (χ3n) is 2.84. The van der Waals surface area contributed by atoms with Crippen LogP contribution in [-0.2, 0) is 0 Å². The summed E-state index contributed by atoms with van der Waals surface area (Å²) in [6.45, 7) is 1.36. The fourth-order valence-electron chi connectivity index (χ4n) is 2.10. The number of hydrogen-bond donors (Lipinski definition) is 1. The molecule has 18 heavy (non-hydrogen) atoms. The maximum atomic E-state index is 13.0. The second-order valence-corrected chi connectivity index (χ2v) is 5.10. The molecule has 2 aromatic rings. The SMILES string of the molecule is CC(N)C(n1ccc2c(Br)cccc21)C(F)(F)F. The van der Waals surface area contributed by atoms with Crippen LogP contribution in [0.4, 0.5) is 13.2 Å². The lowest BCUT2D eigenvalue weighted by atomic mass is 10.1. The number of aromatic nitrogens is 1. The largest absolute Gasteiger partial charge is 0.410 e. The number of fused-ring (bicyclic) bond motifs is 1. The van der Waals surface area contributed by atoms with Crippen molar-refractivity contribution < 1.29 is 13.2 Å². The molecule has 1 heterocycles. The molecule has 0 amide bonds. The van der Waals surface area contributed by atoms with Crippen molar-refractivity contribution in [1.82, 2.24) is 4.57 Å². The highest BCUT2D eigenvalue weighted by molar-refractivity contribution is 9.10. The van der Waals surface area contributed by atoms with E-state index in [2.05, 4.69) is 15.9 Å². The Morgan fingerprint density at radius 2 is 1.94 bits per heavy atom. The van der Waals surface area contributed by atoms with Gasteiger partial charge in [-0.25, -0.2) is 0 Å². The summed E-state index contributed by atoms with van der Waals surface area (Å²) in [5.41, 5.74) is 6.01. The first-order valence-electron chi connectivity index (χ1n) is 5.39. The molecule has 2 N–H and O–H groups in total. The highest BCUT2D eigenvalue weighted by atomic mass is 79.9. The van der Waals surface area contributed by atoms with Gasteiger partial charge in [0.1, 0.15) is 6.04 Å². The van der Waals surface area contributed by atoms with E-state index in [-0.39, 0.29) is 0 Å². The summed E-state index contributed by atoms with van der Waals surface area (Å²) in [6, 6.07) is 4.07. The van der Waals surface area contributed by atoms with E-state index in [0.717, 1.165) is 9.86 Å². The predicted molar refractivity (Wildman–Crippen MR) is 68.4 cm³/mol. The van der Waals surface area contributed by atoms with Crippen LogP contribution in [0.25, 0.3) is 10.9 Å². The van der Waals surface area contributed by atoms with Gasteiger partial charge < -0.3 is 10.3 Å². The average Bonchev–Trinajstić information content (AvgIpc) is 2.61. The number of benzene rings is 1. The minimum atomic E-state index is -4.37. The van der Waals surface area contributed by atoms with Crippen LogP contribution >= 0.6 is 15.9 Å². The van der Waals surface area contributed by atoms with Crippen LogP contribution in [0, 0.1) is 0 Å². The van der Waals surface area contributed by atoms with Gasteiger partial charge in [0, 0.05) is 27.6 Å². The second-order valence-electron chi connectivity index (χ2n) is 4.24. The molecule has 0 aliphatic rings. The van der Waals surface area contributed by atoms with Crippen molar-refractivity contribution in [2.75, 3.05) is 0 Å². The Morgan fingerprint density at radius 3 is 2.50 bits per heavy atom. The molecule has 6 heteroatoms. The van der Waals surface area contributed by atoms with Gasteiger partial charge in [0.2, 0.25) is 0 Å². The Morgan fingerprint density at radius 1 is 1.28 bits per heavy atom. The fourth-order valence-corrected chi connectivity index (χ4v) is 2.59. The molecule has 0 fully saturated rings. The number of rotatable bonds is 2. The maximum Gasteiger partial charge on any atom is 0.410 e. The summed E-state index contributed by atoms with van der Waals surface area (Å²) >= 11 is 3.32. The van der Waals surface area contributed by atoms with Crippen LogP contribution in [0.1, 0.15) is 13.0 Å². The molecule has 0 saturated heterocycles. The van der Waals surface area contributed by atoms with Crippen molar-refractivity contribution in [3.8, 4) is 0 Å². The summed E-state index contributed by atoms with van der Waals surface area (Å²) in [6.07, 6.45) is -2.95. The summed E-state index contributed by atoms with van der Waals surface area (Å²) < 4.78 is 41.1. The van der Waals surface area contributed by atoms with Crippen LogP contribution in [0.3, 0.4) is 0 Å². The van der Waals surface area contributed by atoms with Gasteiger partial charge in [0.05, 0.1) is 0 Å². The molecule has 0 radical (unpaired) electrons. The molecule has 2 unspecified atom stereocenters. The van der Waals surface area contributed by atoms with Crippen LogP contribution in [-0.4, -0.2) is 16.8 Å². The third-order valence-corrected chi connectivity index (χ3v) is 3.53. The Bertz CT molecular complexity index is 560. The lowest BCUT2D eigenvalue weighted by molar-refractivity contribution is -0.170. The quantitative estimate of drug-likeness (QED) is 0.895. The van der Waals surface area contributed by atoms with E-state index in [0.29, 0.717) is 5.52 Å². The zero-order valence-electron chi connectivity index (χ0n) is 9.58. The minimum absolute atomic E-state index is 0.518. The number of nitrogens with two attached hydrogens (primary N) is 1. The van der Waals surface area contributed by atoms with Crippen LogP contribution in [0.15, 0.2) is 34.9 Å². The van der Waals surface area contributed by atoms with Crippen molar-refractivity contribution in [2.24, 2.45) is 5.73 Å². The molecular weight excluding hydrogens is 309 g/mol. The zero-order valence-corrected chi connectivity index (χ0v) is 11.2. The summed E-state index contributed by atoms with van der Waals surface area (Å²) in [7, 11) is 0. The first-order chi connectivity index (χ1) is 8.32. The zero-order chi connectivity index (χ0) is 13.5. The van der Waals surface area contributed by atoms with Crippen molar-refractivity contribution in [2.45, 2.75) is 25.2 Å². The number of hydrogen-bond acceptors (Lipinski definition) is 1. The Kier molecular flexibility index (Phi) is 3.42. The van der Waals surface area contributed by atoms with Crippen LogP contribution in [0.5, 0.6) is 0 Å². The summed E-state index contributed by atoms with van der Waals surface area (Å²) in [5, 5.41) is 0.743. The van der Waals surface area contributed by atoms with Crippen LogP contribution in [0.2, 0.25) is 0 Å². The van der Waals surface area contributed by atoms with E-state index in [9.17, 15) is 13.2 Å². The van der Waals surface area contributed by atoms with Crippen LogP contribution < -0.4 is 5.73 Å². The van der Waals surface area contributed by atoms with E-state index >= 15 is 0 Å². The van der Waals surface area contributed by atoms with Crippen molar-refractivity contribution in [3.05, 3.63) is 34.9 Å². The average molecular weight is 321 g/mol. The minimum Gasteiger partial charge on any atom is -0.334 e. The van der Waals surface area contributed by atoms with Crippen molar-refractivity contribution in [3.63, 3.8) is 0 Å². The van der Waals surface area contributed by atoms with E-state index < -0.39 is 18.3 Å².